The van der Waals surface area contributed by atoms with Gasteiger partial charge in [-0.05, 0) is 24.6 Å². The van der Waals surface area contributed by atoms with Crippen molar-refractivity contribution in [3.63, 3.8) is 0 Å². The molecule has 1 aromatic carbocycles. The molecule has 92 valence electrons. The number of hydrazine groups is 1. The molecule has 1 rings (SSSR count). The van der Waals surface area contributed by atoms with Crippen LogP contribution < -0.4 is 10.9 Å². The van der Waals surface area contributed by atoms with E-state index in [2.05, 4.69) is 15.6 Å². The van der Waals surface area contributed by atoms with Crippen LogP contribution in [0.25, 0.3) is 0 Å². The number of carbonyl (C=O) groups is 2. The molecular formula is C11H13FN2O3. The Morgan fingerprint density at radius 1 is 1.35 bits per heavy atom. The van der Waals surface area contributed by atoms with Gasteiger partial charge < -0.3 is 4.74 Å². The summed E-state index contributed by atoms with van der Waals surface area (Å²) in [6.45, 7) is 1.86. The molecule has 2 amide bonds. The van der Waals surface area contributed by atoms with Gasteiger partial charge in [0.2, 0.25) is 5.91 Å². The average molecular weight is 240 g/mol. The Morgan fingerprint density at radius 3 is 2.76 bits per heavy atom. The molecule has 0 aliphatic rings. The van der Waals surface area contributed by atoms with E-state index in [1.165, 1.54) is 18.2 Å². The number of amides is 2. The fourth-order valence-corrected chi connectivity index (χ4v) is 1.16. The SMILES string of the molecule is CCOC(=O)NNC(=O)Cc1cccc(F)c1. The largest absolute Gasteiger partial charge is 0.449 e. The Bertz CT molecular complexity index is 409. The van der Waals surface area contributed by atoms with Gasteiger partial charge in [-0.2, -0.15) is 0 Å². The molecule has 0 saturated carbocycles. The fraction of sp³-hybridized carbons (Fsp3) is 0.273. The molecule has 0 radical (unpaired) electrons. The zero-order valence-corrected chi connectivity index (χ0v) is 9.33. The molecule has 0 unspecified atom stereocenters. The highest BCUT2D eigenvalue weighted by atomic mass is 19.1. The van der Waals surface area contributed by atoms with E-state index in [-0.39, 0.29) is 13.0 Å². The van der Waals surface area contributed by atoms with Gasteiger partial charge in [-0.3, -0.25) is 10.2 Å². The van der Waals surface area contributed by atoms with E-state index in [0.29, 0.717) is 5.56 Å². The second kappa shape index (κ2) is 6.47. The lowest BCUT2D eigenvalue weighted by atomic mass is 10.1. The van der Waals surface area contributed by atoms with Crippen LogP contribution in [0.2, 0.25) is 0 Å². The third-order valence-electron chi connectivity index (χ3n) is 1.83. The number of halogens is 1. The zero-order valence-electron chi connectivity index (χ0n) is 9.33. The number of hydrogen-bond acceptors (Lipinski definition) is 3. The van der Waals surface area contributed by atoms with Gasteiger partial charge in [-0.15, -0.1) is 0 Å². The Balaban J connectivity index is 2.37. The van der Waals surface area contributed by atoms with Crippen molar-refractivity contribution in [2.24, 2.45) is 0 Å². The van der Waals surface area contributed by atoms with Crippen LogP contribution in [-0.4, -0.2) is 18.6 Å². The minimum atomic E-state index is -0.736. The van der Waals surface area contributed by atoms with E-state index < -0.39 is 17.8 Å². The number of hydrogen-bond donors (Lipinski definition) is 2. The maximum atomic E-state index is 12.8. The van der Waals surface area contributed by atoms with Gasteiger partial charge in [0, 0.05) is 0 Å². The number of carbonyl (C=O) groups excluding carboxylic acids is 2. The van der Waals surface area contributed by atoms with Crippen molar-refractivity contribution in [2.45, 2.75) is 13.3 Å². The van der Waals surface area contributed by atoms with Gasteiger partial charge in [0.1, 0.15) is 5.82 Å². The maximum Gasteiger partial charge on any atom is 0.426 e. The van der Waals surface area contributed by atoms with Crippen molar-refractivity contribution < 1.29 is 18.7 Å². The van der Waals surface area contributed by atoms with Crippen molar-refractivity contribution >= 4 is 12.0 Å². The van der Waals surface area contributed by atoms with Gasteiger partial charge in [-0.1, -0.05) is 12.1 Å². The number of rotatable bonds is 3. The minimum Gasteiger partial charge on any atom is -0.449 e. The van der Waals surface area contributed by atoms with Crippen molar-refractivity contribution in [1.29, 1.82) is 0 Å². The van der Waals surface area contributed by atoms with E-state index >= 15 is 0 Å². The Labute approximate surface area is 97.9 Å². The first-order valence-corrected chi connectivity index (χ1v) is 5.08. The van der Waals surface area contributed by atoms with Gasteiger partial charge in [0.05, 0.1) is 13.0 Å². The lowest BCUT2D eigenvalue weighted by molar-refractivity contribution is -0.121. The third-order valence-corrected chi connectivity index (χ3v) is 1.83. The van der Waals surface area contributed by atoms with Crippen LogP contribution >= 0.6 is 0 Å². The van der Waals surface area contributed by atoms with Crippen LogP contribution in [0.4, 0.5) is 9.18 Å². The first-order valence-electron chi connectivity index (χ1n) is 5.08. The molecule has 0 atom stereocenters. The molecule has 0 bridgehead atoms. The van der Waals surface area contributed by atoms with Crippen molar-refractivity contribution in [2.75, 3.05) is 6.61 Å². The zero-order chi connectivity index (χ0) is 12.7. The van der Waals surface area contributed by atoms with E-state index in [0.717, 1.165) is 0 Å². The summed E-state index contributed by atoms with van der Waals surface area (Å²) in [5.41, 5.74) is 4.73. The van der Waals surface area contributed by atoms with Crippen LogP contribution in [-0.2, 0) is 16.0 Å². The summed E-state index contributed by atoms with van der Waals surface area (Å²) in [7, 11) is 0. The van der Waals surface area contributed by atoms with Gasteiger partial charge in [-0.25, -0.2) is 14.6 Å². The van der Waals surface area contributed by atoms with E-state index in [1.807, 2.05) is 0 Å². The van der Waals surface area contributed by atoms with Crippen LogP contribution in [0.1, 0.15) is 12.5 Å². The maximum absolute atomic E-state index is 12.8. The Morgan fingerprint density at radius 2 is 2.12 bits per heavy atom. The number of benzene rings is 1. The quantitative estimate of drug-likeness (QED) is 0.779. The monoisotopic (exact) mass is 240 g/mol. The van der Waals surface area contributed by atoms with E-state index in [4.69, 9.17) is 0 Å². The predicted molar refractivity (Wildman–Crippen MR) is 58.4 cm³/mol. The molecule has 5 nitrogen and oxygen atoms in total. The van der Waals surface area contributed by atoms with E-state index in [9.17, 15) is 14.0 Å². The summed E-state index contributed by atoms with van der Waals surface area (Å²) in [5, 5.41) is 0. The van der Waals surface area contributed by atoms with Crippen LogP contribution in [0.15, 0.2) is 24.3 Å². The first kappa shape index (κ1) is 13.0. The smallest absolute Gasteiger partial charge is 0.426 e. The van der Waals surface area contributed by atoms with Crippen LogP contribution in [0.5, 0.6) is 0 Å². The molecule has 0 spiro atoms. The highest BCUT2D eigenvalue weighted by Gasteiger charge is 2.06. The summed E-state index contributed by atoms with van der Waals surface area (Å²) in [4.78, 5) is 22.2. The summed E-state index contributed by atoms with van der Waals surface area (Å²) in [5.74, 6) is -0.864. The Kier molecular flexibility index (Phi) is 4.93. The van der Waals surface area contributed by atoms with E-state index in [1.54, 1.807) is 13.0 Å². The molecule has 0 fully saturated rings. The van der Waals surface area contributed by atoms with Gasteiger partial charge in [0.25, 0.3) is 0 Å². The van der Waals surface area contributed by atoms with Crippen molar-refractivity contribution in [3.8, 4) is 0 Å². The molecule has 0 heterocycles. The second-order valence-electron chi connectivity index (χ2n) is 3.20. The number of ether oxygens (including phenoxy) is 1. The van der Waals surface area contributed by atoms with Gasteiger partial charge >= 0.3 is 6.09 Å². The summed E-state index contributed by atoms with van der Waals surface area (Å²) in [6.07, 6.45) is -0.760. The lowest BCUT2D eigenvalue weighted by Crippen LogP contribution is -2.42. The first-order chi connectivity index (χ1) is 8.11. The highest BCUT2D eigenvalue weighted by molar-refractivity contribution is 5.80. The van der Waals surface area contributed by atoms with Gasteiger partial charge in [0.15, 0.2) is 0 Å². The molecule has 0 saturated heterocycles. The third kappa shape index (κ3) is 4.96. The fourth-order valence-electron chi connectivity index (χ4n) is 1.16. The molecule has 17 heavy (non-hydrogen) atoms. The molecular weight excluding hydrogens is 227 g/mol. The molecule has 0 aliphatic carbocycles. The molecule has 1 aromatic rings. The van der Waals surface area contributed by atoms with Crippen molar-refractivity contribution in [3.05, 3.63) is 35.6 Å². The standard InChI is InChI=1S/C11H13FN2O3/c1-2-17-11(16)14-13-10(15)7-8-4-3-5-9(12)6-8/h3-6H,2,7H2,1H3,(H,13,15)(H,14,16). The molecule has 6 heteroatoms. The topological polar surface area (TPSA) is 67.4 Å². The summed E-state index contributed by atoms with van der Waals surface area (Å²) < 4.78 is 17.3. The predicted octanol–water partition coefficient (Wildman–Crippen LogP) is 1.15. The second-order valence-corrected chi connectivity index (χ2v) is 3.20. The normalized spacial score (nSPS) is 9.53. The van der Waals surface area contributed by atoms with Crippen LogP contribution in [0.3, 0.4) is 0 Å². The summed E-state index contributed by atoms with van der Waals surface area (Å²) in [6, 6.07) is 5.67. The molecule has 2 N–H and O–H groups in total. The summed E-state index contributed by atoms with van der Waals surface area (Å²) >= 11 is 0. The molecule has 0 aromatic heterocycles. The number of nitrogens with one attached hydrogen (secondary N) is 2. The Hall–Kier alpha value is -2.11. The lowest BCUT2D eigenvalue weighted by Gasteiger charge is -2.07. The van der Waals surface area contributed by atoms with Crippen LogP contribution in [0, 0.1) is 5.82 Å². The highest BCUT2D eigenvalue weighted by Crippen LogP contribution is 2.03. The minimum absolute atomic E-state index is 0.0236. The molecule has 0 aliphatic heterocycles. The van der Waals surface area contributed by atoms with Crippen molar-refractivity contribution in [1.82, 2.24) is 10.9 Å². The average Bonchev–Trinajstić information content (AvgIpc) is 2.27.